The van der Waals surface area contributed by atoms with Crippen molar-refractivity contribution in [2.24, 2.45) is 0 Å². The number of nitrogens with two attached hydrogens (primary N) is 1. The van der Waals surface area contributed by atoms with Gasteiger partial charge in [-0.3, -0.25) is 10.1 Å². The van der Waals surface area contributed by atoms with Crippen molar-refractivity contribution in [2.45, 2.75) is 0 Å². The highest BCUT2D eigenvalue weighted by Gasteiger charge is 2.13. The number of nitrogen functional groups attached to an aromatic ring is 1. The summed E-state index contributed by atoms with van der Waals surface area (Å²) in [6.45, 7) is 0. The highest BCUT2D eigenvalue weighted by molar-refractivity contribution is 7.09. The molecule has 0 spiro atoms. The van der Waals surface area contributed by atoms with E-state index in [2.05, 4.69) is 25.1 Å². The van der Waals surface area contributed by atoms with Crippen molar-refractivity contribution in [3.05, 3.63) is 22.8 Å². The Morgan fingerprint density at radius 2 is 2.38 bits per heavy atom. The Morgan fingerprint density at radius 1 is 1.56 bits per heavy atom. The fourth-order valence-corrected chi connectivity index (χ4v) is 1.53. The summed E-state index contributed by atoms with van der Waals surface area (Å²) in [4.78, 5) is 15.5. The maximum Gasteiger partial charge on any atom is 0.259 e. The van der Waals surface area contributed by atoms with Crippen LogP contribution in [0.15, 0.2) is 12.3 Å². The molecule has 2 heterocycles. The standard InChI is InChI=1S/C7H5ClN6OS/c8-4-2-10-5(9)1-3(4)6(15)11-7-12-13-14-16-7/h1-2H,(H2,9,10)(H,11,12,14,15). The normalized spacial score (nSPS) is 10.1. The minimum absolute atomic E-state index is 0.212. The number of carbonyl (C=O) groups excluding carboxylic acids is 1. The largest absolute Gasteiger partial charge is 0.384 e. The predicted octanol–water partition coefficient (Wildman–Crippen LogP) is 0.816. The second-order valence-electron chi connectivity index (χ2n) is 2.71. The summed E-state index contributed by atoms with van der Waals surface area (Å²) in [5.41, 5.74) is 5.68. The topological polar surface area (TPSA) is 107 Å². The quantitative estimate of drug-likeness (QED) is 0.824. The summed E-state index contributed by atoms with van der Waals surface area (Å²) >= 11 is 6.77. The minimum atomic E-state index is -0.433. The summed E-state index contributed by atoms with van der Waals surface area (Å²) in [5.74, 6) is -0.220. The van der Waals surface area contributed by atoms with Crippen molar-refractivity contribution >= 4 is 40.0 Å². The van der Waals surface area contributed by atoms with Crippen LogP contribution in [0, 0.1) is 0 Å². The number of nitrogens with one attached hydrogen (secondary N) is 1. The molecule has 0 atom stereocenters. The van der Waals surface area contributed by atoms with E-state index in [0.717, 1.165) is 11.5 Å². The van der Waals surface area contributed by atoms with E-state index in [1.54, 1.807) is 0 Å². The van der Waals surface area contributed by atoms with Crippen LogP contribution in [0.2, 0.25) is 5.02 Å². The molecule has 82 valence electrons. The minimum Gasteiger partial charge on any atom is -0.384 e. The first-order chi connectivity index (χ1) is 7.66. The molecular weight excluding hydrogens is 252 g/mol. The molecule has 0 unspecified atom stereocenters. The summed E-state index contributed by atoms with van der Waals surface area (Å²) in [6, 6.07) is 1.38. The molecule has 1 amide bonds. The van der Waals surface area contributed by atoms with Gasteiger partial charge >= 0.3 is 0 Å². The van der Waals surface area contributed by atoms with Crippen LogP contribution >= 0.6 is 23.1 Å². The van der Waals surface area contributed by atoms with Gasteiger partial charge in [-0.2, -0.15) is 0 Å². The van der Waals surface area contributed by atoms with Gasteiger partial charge in [-0.05, 0) is 11.3 Å². The van der Waals surface area contributed by atoms with E-state index in [4.69, 9.17) is 17.3 Å². The Labute approximate surface area is 98.8 Å². The van der Waals surface area contributed by atoms with Crippen LogP contribution in [0.4, 0.5) is 10.9 Å². The van der Waals surface area contributed by atoms with E-state index in [9.17, 15) is 4.79 Å². The molecule has 2 aromatic rings. The van der Waals surface area contributed by atoms with Gasteiger partial charge in [0, 0.05) is 17.7 Å². The molecular formula is C7H5ClN6OS. The maximum absolute atomic E-state index is 11.7. The first-order valence-corrected chi connectivity index (χ1v) is 5.19. The molecule has 3 N–H and O–H groups in total. The van der Waals surface area contributed by atoms with E-state index in [1.807, 2.05) is 0 Å². The van der Waals surface area contributed by atoms with E-state index in [1.165, 1.54) is 12.3 Å². The van der Waals surface area contributed by atoms with Crippen LogP contribution in [0.25, 0.3) is 0 Å². The molecule has 0 aliphatic rings. The fraction of sp³-hybridized carbons (Fsp3) is 0. The molecule has 0 radical (unpaired) electrons. The lowest BCUT2D eigenvalue weighted by Crippen LogP contribution is -2.13. The molecule has 0 saturated carbocycles. The summed E-state index contributed by atoms with van der Waals surface area (Å²) in [6.07, 6.45) is 1.31. The number of aromatic nitrogens is 4. The van der Waals surface area contributed by atoms with Crippen LogP contribution in [0.3, 0.4) is 0 Å². The van der Waals surface area contributed by atoms with Gasteiger partial charge in [-0.15, -0.1) is 0 Å². The lowest BCUT2D eigenvalue weighted by atomic mass is 10.2. The zero-order valence-corrected chi connectivity index (χ0v) is 9.29. The van der Waals surface area contributed by atoms with Gasteiger partial charge < -0.3 is 5.73 Å². The van der Waals surface area contributed by atoms with Crippen molar-refractivity contribution in [2.75, 3.05) is 11.1 Å². The number of amides is 1. The highest BCUT2D eigenvalue weighted by atomic mass is 35.5. The van der Waals surface area contributed by atoms with Crippen molar-refractivity contribution in [1.29, 1.82) is 0 Å². The third kappa shape index (κ3) is 2.23. The van der Waals surface area contributed by atoms with Crippen LogP contribution in [-0.4, -0.2) is 25.7 Å². The summed E-state index contributed by atoms with van der Waals surface area (Å²) in [7, 11) is 0. The van der Waals surface area contributed by atoms with Gasteiger partial charge in [0.1, 0.15) is 5.82 Å². The van der Waals surface area contributed by atoms with Gasteiger partial charge in [0.05, 0.1) is 10.6 Å². The first kappa shape index (κ1) is 10.7. The Hall–Kier alpha value is -1.80. The van der Waals surface area contributed by atoms with Crippen molar-refractivity contribution < 1.29 is 4.79 Å². The second kappa shape index (κ2) is 4.37. The Balaban J connectivity index is 2.24. The van der Waals surface area contributed by atoms with Gasteiger partial charge in [-0.1, -0.05) is 21.2 Å². The lowest BCUT2D eigenvalue weighted by Gasteiger charge is -2.03. The zero-order valence-electron chi connectivity index (χ0n) is 7.72. The zero-order chi connectivity index (χ0) is 11.5. The third-order valence-corrected chi connectivity index (χ3v) is 2.45. The van der Waals surface area contributed by atoms with Gasteiger partial charge in [0.25, 0.3) is 5.91 Å². The third-order valence-electron chi connectivity index (χ3n) is 1.64. The summed E-state index contributed by atoms with van der Waals surface area (Å²) < 4.78 is 3.50. The lowest BCUT2D eigenvalue weighted by molar-refractivity contribution is 0.102. The number of rotatable bonds is 2. The Bertz CT molecular complexity index is 516. The molecule has 0 aliphatic carbocycles. The van der Waals surface area contributed by atoms with Crippen LogP contribution in [0.5, 0.6) is 0 Å². The number of carbonyl (C=O) groups is 1. The van der Waals surface area contributed by atoms with E-state index < -0.39 is 5.91 Å². The molecule has 0 aromatic carbocycles. The molecule has 2 aromatic heterocycles. The van der Waals surface area contributed by atoms with Gasteiger partial charge in [0.2, 0.25) is 5.13 Å². The molecule has 0 fully saturated rings. The number of hydrogen-bond donors (Lipinski definition) is 2. The molecule has 0 bridgehead atoms. The second-order valence-corrected chi connectivity index (χ2v) is 3.85. The monoisotopic (exact) mass is 256 g/mol. The first-order valence-electron chi connectivity index (χ1n) is 4.04. The van der Waals surface area contributed by atoms with E-state index in [0.29, 0.717) is 0 Å². The van der Waals surface area contributed by atoms with Crippen LogP contribution < -0.4 is 11.1 Å². The predicted molar refractivity (Wildman–Crippen MR) is 59.3 cm³/mol. The molecule has 0 saturated heterocycles. The highest BCUT2D eigenvalue weighted by Crippen LogP contribution is 2.18. The van der Waals surface area contributed by atoms with Crippen molar-refractivity contribution in [3.8, 4) is 0 Å². The van der Waals surface area contributed by atoms with E-state index >= 15 is 0 Å². The Kier molecular flexibility index (Phi) is 2.93. The molecule has 16 heavy (non-hydrogen) atoms. The number of halogens is 1. The molecule has 2 rings (SSSR count). The molecule has 9 heteroatoms. The van der Waals surface area contributed by atoms with Crippen molar-refractivity contribution in [1.82, 2.24) is 19.8 Å². The number of anilines is 2. The Morgan fingerprint density at radius 3 is 3.06 bits per heavy atom. The molecule has 0 aliphatic heterocycles. The van der Waals surface area contributed by atoms with Gasteiger partial charge in [0.15, 0.2) is 0 Å². The van der Waals surface area contributed by atoms with Crippen molar-refractivity contribution in [3.63, 3.8) is 0 Å². The van der Waals surface area contributed by atoms with Crippen LogP contribution in [-0.2, 0) is 0 Å². The number of nitrogens with zero attached hydrogens (tertiary/aromatic N) is 4. The summed E-state index contributed by atoms with van der Waals surface area (Å²) in [5, 5.41) is 9.89. The average Bonchev–Trinajstić information content (AvgIpc) is 2.74. The smallest absolute Gasteiger partial charge is 0.259 e. The molecule has 7 nitrogen and oxygen atoms in total. The number of pyridine rings is 1. The maximum atomic E-state index is 11.7. The fourth-order valence-electron chi connectivity index (χ4n) is 0.975. The van der Waals surface area contributed by atoms with Crippen LogP contribution in [0.1, 0.15) is 10.4 Å². The van der Waals surface area contributed by atoms with E-state index in [-0.39, 0.29) is 21.5 Å². The van der Waals surface area contributed by atoms with Gasteiger partial charge in [-0.25, -0.2) is 4.98 Å². The average molecular weight is 257 g/mol. The SMILES string of the molecule is Nc1cc(C(=O)Nc2nnns2)c(Cl)cn1. The number of hydrogen-bond acceptors (Lipinski definition) is 7.